The second kappa shape index (κ2) is 5.24. The molecule has 1 amide bonds. The Balaban J connectivity index is 2.60. The van der Waals surface area contributed by atoms with Crippen molar-refractivity contribution in [2.45, 2.75) is 18.9 Å². The number of nitrogens with two attached hydrogens (primary N) is 1. The summed E-state index contributed by atoms with van der Waals surface area (Å²) in [6.45, 7) is 2.02. The molecule has 0 aliphatic rings. The lowest BCUT2D eigenvalue weighted by atomic mass is 9.85. The van der Waals surface area contributed by atoms with Crippen LogP contribution in [0.15, 0.2) is 54.6 Å². The van der Waals surface area contributed by atoms with Gasteiger partial charge in [-0.25, -0.2) is 0 Å². The molecule has 1 unspecified atom stereocenters. The van der Waals surface area contributed by atoms with Gasteiger partial charge in [-0.05, 0) is 23.1 Å². The molecule has 2 rings (SSSR count). The van der Waals surface area contributed by atoms with Gasteiger partial charge in [0.05, 0.1) is 0 Å². The molecule has 0 aliphatic carbocycles. The third-order valence-electron chi connectivity index (χ3n) is 3.30. The first kappa shape index (κ1) is 13.3. The minimum Gasteiger partial charge on any atom is -0.372 e. The first-order valence-corrected chi connectivity index (χ1v) is 6.26. The Morgan fingerprint density at radius 1 is 1.11 bits per heavy atom. The number of benzene rings is 2. The van der Waals surface area contributed by atoms with E-state index in [1.54, 1.807) is 30.3 Å². The van der Waals surface area contributed by atoms with Gasteiger partial charge >= 0.3 is 0 Å². The van der Waals surface area contributed by atoms with E-state index in [2.05, 4.69) is 0 Å². The zero-order valence-corrected chi connectivity index (χ0v) is 10.8. The summed E-state index contributed by atoms with van der Waals surface area (Å²) in [5.74, 6) is -0.771. The lowest BCUT2D eigenvalue weighted by Gasteiger charge is -2.26. The molecule has 2 aromatic rings. The second-order valence-corrected chi connectivity index (χ2v) is 4.49. The Morgan fingerprint density at radius 3 is 2.32 bits per heavy atom. The Bertz CT molecular complexity index is 580. The van der Waals surface area contributed by atoms with Crippen LogP contribution in [0.25, 0.3) is 0 Å². The number of aryl methyl sites for hydroxylation is 1. The average molecular weight is 255 g/mol. The Labute approximate surface area is 112 Å². The molecule has 0 fully saturated rings. The molecule has 98 valence electrons. The van der Waals surface area contributed by atoms with Crippen LogP contribution in [0.3, 0.4) is 0 Å². The smallest absolute Gasteiger partial charge is 0.258 e. The highest BCUT2D eigenvalue weighted by Crippen LogP contribution is 2.29. The molecule has 0 aromatic heterocycles. The first-order chi connectivity index (χ1) is 9.09. The molecule has 0 bridgehead atoms. The summed E-state index contributed by atoms with van der Waals surface area (Å²) in [5.41, 5.74) is 5.69. The number of hydrogen-bond acceptors (Lipinski definition) is 2. The minimum absolute atomic E-state index is 0.482. The van der Waals surface area contributed by atoms with Gasteiger partial charge < -0.3 is 10.8 Å². The van der Waals surface area contributed by atoms with E-state index < -0.39 is 11.5 Å². The van der Waals surface area contributed by atoms with Crippen LogP contribution < -0.4 is 5.73 Å². The molecule has 0 aliphatic heterocycles. The van der Waals surface area contributed by atoms with Crippen molar-refractivity contribution in [3.63, 3.8) is 0 Å². The highest BCUT2D eigenvalue weighted by molar-refractivity contribution is 5.88. The van der Waals surface area contributed by atoms with Gasteiger partial charge in [-0.3, -0.25) is 4.79 Å². The fraction of sp³-hybridized carbons (Fsp3) is 0.188. The number of hydrogen-bond donors (Lipinski definition) is 2. The molecular weight excluding hydrogens is 238 g/mol. The van der Waals surface area contributed by atoms with Crippen LogP contribution in [0.2, 0.25) is 0 Å². The van der Waals surface area contributed by atoms with E-state index in [0.717, 1.165) is 12.0 Å². The lowest BCUT2D eigenvalue weighted by molar-refractivity contribution is -0.133. The van der Waals surface area contributed by atoms with Crippen LogP contribution in [0.5, 0.6) is 0 Å². The standard InChI is InChI=1S/C16H17NO2/c1-2-12-7-6-10-14(11-12)16(19,15(17)18)13-8-4-3-5-9-13/h3-11,19H,2H2,1H3,(H2,17,18). The summed E-state index contributed by atoms with van der Waals surface area (Å²) in [4.78, 5) is 11.8. The van der Waals surface area contributed by atoms with Gasteiger partial charge in [-0.1, -0.05) is 61.5 Å². The highest BCUT2D eigenvalue weighted by Gasteiger charge is 2.38. The van der Waals surface area contributed by atoms with Crippen LogP contribution in [0, 0.1) is 0 Å². The van der Waals surface area contributed by atoms with Crippen LogP contribution in [0.1, 0.15) is 23.6 Å². The number of carbonyl (C=O) groups is 1. The maximum atomic E-state index is 11.8. The second-order valence-electron chi connectivity index (χ2n) is 4.49. The number of aliphatic hydroxyl groups is 1. The van der Waals surface area contributed by atoms with Crippen molar-refractivity contribution >= 4 is 5.91 Å². The summed E-state index contributed by atoms with van der Waals surface area (Å²) in [6, 6.07) is 16.1. The van der Waals surface area contributed by atoms with Crippen molar-refractivity contribution in [3.8, 4) is 0 Å². The van der Waals surface area contributed by atoms with E-state index in [1.165, 1.54) is 0 Å². The molecule has 2 aromatic carbocycles. The van der Waals surface area contributed by atoms with Gasteiger partial charge in [-0.2, -0.15) is 0 Å². The summed E-state index contributed by atoms with van der Waals surface area (Å²) in [6.07, 6.45) is 0.831. The van der Waals surface area contributed by atoms with Crippen LogP contribution >= 0.6 is 0 Å². The average Bonchev–Trinajstić information content (AvgIpc) is 2.47. The highest BCUT2D eigenvalue weighted by atomic mass is 16.3. The van der Waals surface area contributed by atoms with E-state index in [1.807, 2.05) is 31.2 Å². The van der Waals surface area contributed by atoms with Crippen molar-refractivity contribution in [3.05, 3.63) is 71.3 Å². The van der Waals surface area contributed by atoms with E-state index in [-0.39, 0.29) is 0 Å². The van der Waals surface area contributed by atoms with E-state index in [0.29, 0.717) is 11.1 Å². The van der Waals surface area contributed by atoms with E-state index >= 15 is 0 Å². The quantitative estimate of drug-likeness (QED) is 0.877. The summed E-state index contributed by atoms with van der Waals surface area (Å²) in [7, 11) is 0. The maximum Gasteiger partial charge on any atom is 0.258 e. The molecule has 0 radical (unpaired) electrons. The van der Waals surface area contributed by atoms with Crippen molar-refractivity contribution in [2.75, 3.05) is 0 Å². The Kier molecular flexibility index (Phi) is 3.67. The van der Waals surface area contributed by atoms with Crippen molar-refractivity contribution in [1.82, 2.24) is 0 Å². The number of carbonyl (C=O) groups excluding carboxylic acids is 1. The molecule has 3 heteroatoms. The molecular formula is C16H17NO2. The fourth-order valence-corrected chi connectivity index (χ4v) is 2.15. The number of amides is 1. The van der Waals surface area contributed by atoms with Crippen molar-refractivity contribution in [1.29, 1.82) is 0 Å². The first-order valence-electron chi connectivity index (χ1n) is 6.26. The third kappa shape index (κ3) is 2.37. The van der Waals surface area contributed by atoms with Gasteiger partial charge in [-0.15, -0.1) is 0 Å². The molecule has 0 saturated carbocycles. The molecule has 0 spiro atoms. The largest absolute Gasteiger partial charge is 0.372 e. The Morgan fingerprint density at radius 2 is 1.74 bits per heavy atom. The SMILES string of the molecule is CCc1cccc(C(O)(C(N)=O)c2ccccc2)c1. The third-order valence-corrected chi connectivity index (χ3v) is 3.30. The predicted molar refractivity (Wildman–Crippen MR) is 74.5 cm³/mol. The van der Waals surface area contributed by atoms with Crippen LogP contribution in [-0.2, 0) is 16.8 Å². The normalized spacial score (nSPS) is 13.8. The topological polar surface area (TPSA) is 63.3 Å². The van der Waals surface area contributed by atoms with Crippen LogP contribution in [0.4, 0.5) is 0 Å². The minimum atomic E-state index is -1.79. The summed E-state index contributed by atoms with van der Waals surface area (Å²) < 4.78 is 0. The van der Waals surface area contributed by atoms with Gasteiger partial charge in [0.15, 0.2) is 5.60 Å². The predicted octanol–water partition coefficient (Wildman–Crippen LogP) is 1.97. The number of rotatable bonds is 4. The fourth-order valence-electron chi connectivity index (χ4n) is 2.15. The molecule has 19 heavy (non-hydrogen) atoms. The van der Waals surface area contributed by atoms with Crippen LogP contribution in [-0.4, -0.2) is 11.0 Å². The van der Waals surface area contributed by atoms with Crippen molar-refractivity contribution in [2.24, 2.45) is 5.73 Å². The zero-order chi connectivity index (χ0) is 13.9. The molecule has 0 heterocycles. The van der Waals surface area contributed by atoms with E-state index in [4.69, 9.17) is 5.73 Å². The zero-order valence-electron chi connectivity index (χ0n) is 10.8. The van der Waals surface area contributed by atoms with E-state index in [9.17, 15) is 9.90 Å². The van der Waals surface area contributed by atoms with Crippen molar-refractivity contribution < 1.29 is 9.90 Å². The molecule has 3 nitrogen and oxygen atoms in total. The maximum absolute atomic E-state index is 11.8. The molecule has 3 N–H and O–H groups in total. The monoisotopic (exact) mass is 255 g/mol. The summed E-state index contributed by atoms with van der Waals surface area (Å²) in [5, 5.41) is 10.8. The van der Waals surface area contributed by atoms with Gasteiger partial charge in [0.25, 0.3) is 5.91 Å². The molecule has 1 atom stereocenters. The van der Waals surface area contributed by atoms with Gasteiger partial charge in [0, 0.05) is 0 Å². The lowest BCUT2D eigenvalue weighted by Crippen LogP contribution is -2.42. The summed E-state index contributed by atoms with van der Waals surface area (Å²) >= 11 is 0. The van der Waals surface area contributed by atoms with Gasteiger partial charge in [0.2, 0.25) is 0 Å². The Hall–Kier alpha value is -2.13. The number of primary amides is 1. The molecule has 0 saturated heterocycles. The van der Waals surface area contributed by atoms with Gasteiger partial charge in [0.1, 0.15) is 0 Å².